The Morgan fingerprint density at radius 3 is 1.90 bits per heavy atom. The first kappa shape index (κ1) is 31.1. The predicted molar refractivity (Wildman–Crippen MR) is 223 cm³/mol. The van der Waals surface area contributed by atoms with Crippen LogP contribution in [0.5, 0.6) is 0 Å². The molecule has 0 fully saturated rings. The van der Waals surface area contributed by atoms with Crippen LogP contribution in [0.2, 0.25) is 0 Å². The molecular weight excluding hydrogens is 627 g/mol. The Morgan fingerprint density at radius 1 is 0.404 bits per heavy atom. The lowest BCUT2D eigenvalue weighted by Gasteiger charge is -2.50. The average Bonchev–Trinajstić information content (AvgIpc) is 3.39. The lowest BCUT2D eigenvalue weighted by atomic mass is 9.54. The third-order valence-corrected chi connectivity index (χ3v) is 13.2. The fourth-order valence-corrected chi connectivity index (χ4v) is 9.79. The third kappa shape index (κ3) is 4.05. The highest BCUT2D eigenvalue weighted by molar-refractivity contribution is 6.20. The van der Waals surface area contributed by atoms with Gasteiger partial charge < -0.3 is 4.90 Å². The smallest absolute Gasteiger partial charge is 0.0543 e. The van der Waals surface area contributed by atoms with Gasteiger partial charge in [0, 0.05) is 27.8 Å². The van der Waals surface area contributed by atoms with Gasteiger partial charge in [0.2, 0.25) is 0 Å². The summed E-state index contributed by atoms with van der Waals surface area (Å²) in [4.78, 5) is 2.51. The Hall–Kier alpha value is -5.66. The topological polar surface area (TPSA) is 3.24 Å². The number of rotatable bonds is 3. The molecule has 8 aromatic rings. The van der Waals surface area contributed by atoms with E-state index in [0.717, 1.165) is 5.69 Å². The molecule has 0 aromatic heterocycles. The number of nitrogens with zero attached hydrogens (tertiary/aromatic N) is 1. The zero-order valence-corrected chi connectivity index (χ0v) is 30.9. The number of hydrogen-bond donors (Lipinski definition) is 0. The van der Waals surface area contributed by atoms with Gasteiger partial charge in [-0.1, -0.05) is 163 Å². The molecule has 0 bridgehead atoms. The van der Waals surface area contributed by atoms with Crippen molar-refractivity contribution in [2.45, 2.75) is 57.8 Å². The fourth-order valence-electron chi connectivity index (χ4n) is 9.79. The summed E-state index contributed by atoms with van der Waals surface area (Å²) >= 11 is 0. The Morgan fingerprint density at radius 2 is 1.06 bits per heavy atom. The summed E-state index contributed by atoms with van der Waals surface area (Å²) in [5.74, 6) is 0. The minimum Gasteiger partial charge on any atom is -0.310 e. The summed E-state index contributed by atoms with van der Waals surface area (Å²) in [6.07, 6.45) is 0. The third-order valence-electron chi connectivity index (χ3n) is 13.2. The van der Waals surface area contributed by atoms with Crippen LogP contribution in [-0.4, -0.2) is 0 Å². The number of para-hydroxylation sites is 1. The van der Waals surface area contributed by atoms with Crippen LogP contribution in [0.25, 0.3) is 54.6 Å². The van der Waals surface area contributed by atoms with Gasteiger partial charge in [0.1, 0.15) is 0 Å². The highest BCUT2D eigenvalue weighted by Crippen LogP contribution is 2.60. The van der Waals surface area contributed by atoms with Crippen molar-refractivity contribution in [2.75, 3.05) is 4.90 Å². The van der Waals surface area contributed by atoms with Crippen LogP contribution in [0.4, 0.5) is 17.1 Å². The second kappa shape index (κ2) is 10.7. The van der Waals surface area contributed by atoms with Crippen molar-refractivity contribution in [2.24, 2.45) is 0 Å². The summed E-state index contributed by atoms with van der Waals surface area (Å²) in [6.45, 7) is 14.6. The van der Waals surface area contributed by atoms with Crippen LogP contribution in [0.3, 0.4) is 0 Å². The maximum absolute atomic E-state index is 2.51. The number of benzene rings is 8. The van der Waals surface area contributed by atoms with Crippen molar-refractivity contribution < 1.29 is 0 Å². The molecule has 1 heteroatoms. The predicted octanol–water partition coefficient (Wildman–Crippen LogP) is 14.2. The zero-order chi connectivity index (χ0) is 35.6. The number of anilines is 3. The highest BCUT2D eigenvalue weighted by atomic mass is 15.1. The van der Waals surface area contributed by atoms with E-state index < -0.39 is 0 Å². The molecule has 0 aliphatic heterocycles. The van der Waals surface area contributed by atoms with Gasteiger partial charge in [-0.2, -0.15) is 0 Å². The van der Waals surface area contributed by atoms with E-state index in [1.807, 2.05) is 0 Å². The molecule has 0 spiro atoms. The Kier molecular flexibility index (Phi) is 6.39. The van der Waals surface area contributed by atoms with Crippen LogP contribution in [0.15, 0.2) is 152 Å². The van der Waals surface area contributed by atoms with Gasteiger partial charge in [0.25, 0.3) is 0 Å². The minimum atomic E-state index is -0.164. The summed E-state index contributed by atoms with van der Waals surface area (Å²) < 4.78 is 0. The molecule has 0 unspecified atom stereocenters. The van der Waals surface area contributed by atoms with E-state index in [1.165, 1.54) is 88.2 Å². The molecule has 52 heavy (non-hydrogen) atoms. The molecule has 0 radical (unpaired) electrons. The van der Waals surface area contributed by atoms with Crippen LogP contribution in [0, 0.1) is 0 Å². The largest absolute Gasteiger partial charge is 0.310 e. The van der Waals surface area contributed by atoms with E-state index in [4.69, 9.17) is 0 Å². The lowest BCUT2D eigenvalue weighted by Crippen LogP contribution is -2.44. The second-order valence-electron chi connectivity index (χ2n) is 16.6. The van der Waals surface area contributed by atoms with Gasteiger partial charge in [-0.3, -0.25) is 0 Å². The Balaban J connectivity index is 1.29. The van der Waals surface area contributed by atoms with Gasteiger partial charge in [-0.25, -0.2) is 0 Å². The Labute approximate surface area is 307 Å². The first-order chi connectivity index (χ1) is 25.1. The lowest BCUT2D eigenvalue weighted by molar-refractivity contribution is 0.301. The molecule has 10 rings (SSSR count). The summed E-state index contributed by atoms with van der Waals surface area (Å²) in [5.41, 5.74) is 14.1. The van der Waals surface area contributed by atoms with E-state index in [9.17, 15) is 0 Å². The first-order valence-electron chi connectivity index (χ1n) is 18.7. The van der Waals surface area contributed by atoms with E-state index in [-0.39, 0.29) is 16.2 Å². The van der Waals surface area contributed by atoms with E-state index in [1.54, 1.807) is 0 Å². The molecular formula is C51H43N. The molecule has 0 amide bonds. The van der Waals surface area contributed by atoms with Crippen LogP contribution in [-0.2, 0) is 16.2 Å². The number of hydrogen-bond acceptors (Lipinski definition) is 1. The fraction of sp³-hybridized carbons (Fsp3) is 0.176. The zero-order valence-electron chi connectivity index (χ0n) is 30.9. The molecule has 2 aliphatic rings. The van der Waals surface area contributed by atoms with Gasteiger partial charge in [-0.15, -0.1) is 0 Å². The van der Waals surface area contributed by atoms with E-state index in [2.05, 4.69) is 198 Å². The van der Waals surface area contributed by atoms with Crippen molar-refractivity contribution in [3.63, 3.8) is 0 Å². The van der Waals surface area contributed by atoms with Gasteiger partial charge >= 0.3 is 0 Å². The van der Waals surface area contributed by atoms with Gasteiger partial charge in [0.05, 0.1) is 5.69 Å². The standard InChI is InChI=1S/C51H43N/c1-49(2)42-20-13-12-19-38(42)39-30-26-35(31-44(39)49)52(34-16-8-7-9-17-34)45-22-14-21-43-47(45)41-29-25-33-24-27-37-36-18-11-10-15-32(36)23-28-40(37)46(33)48(41)51(5,6)50(43,3)4/h7-31H,1-6H3. The second-order valence-corrected chi connectivity index (χ2v) is 16.6. The van der Waals surface area contributed by atoms with Crippen LogP contribution >= 0.6 is 0 Å². The summed E-state index contributed by atoms with van der Waals surface area (Å²) in [7, 11) is 0. The van der Waals surface area contributed by atoms with Crippen molar-refractivity contribution in [3.8, 4) is 22.3 Å². The Bertz CT molecular complexity index is 2760. The normalized spacial score (nSPS) is 16.0. The van der Waals surface area contributed by atoms with E-state index >= 15 is 0 Å². The maximum atomic E-state index is 2.51. The van der Waals surface area contributed by atoms with Crippen molar-refractivity contribution in [1.29, 1.82) is 0 Å². The molecule has 0 saturated heterocycles. The minimum absolute atomic E-state index is 0.0941. The monoisotopic (exact) mass is 669 g/mol. The molecule has 2 aliphatic carbocycles. The molecule has 0 heterocycles. The van der Waals surface area contributed by atoms with E-state index in [0.29, 0.717) is 0 Å². The molecule has 1 nitrogen and oxygen atoms in total. The molecule has 252 valence electrons. The maximum Gasteiger partial charge on any atom is 0.0543 e. The summed E-state index contributed by atoms with van der Waals surface area (Å²) in [5, 5.41) is 7.92. The SMILES string of the molecule is CC1(C)c2ccccc2-c2ccc(N(c3ccccc3)c3cccc4c3-c3ccc5ccc6c7ccccc7ccc6c5c3C(C)(C)C4(C)C)cc21. The van der Waals surface area contributed by atoms with Crippen molar-refractivity contribution >= 4 is 49.4 Å². The molecule has 0 saturated carbocycles. The summed E-state index contributed by atoms with van der Waals surface area (Å²) in [6, 6.07) is 57.0. The highest BCUT2D eigenvalue weighted by Gasteiger charge is 2.48. The number of fused-ring (bicyclic) bond motifs is 12. The van der Waals surface area contributed by atoms with Gasteiger partial charge in [-0.05, 0) is 107 Å². The van der Waals surface area contributed by atoms with Crippen LogP contribution in [0.1, 0.15) is 63.8 Å². The van der Waals surface area contributed by atoms with Crippen molar-refractivity contribution in [3.05, 3.63) is 174 Å². The molecule has 0 atom stereocenters. The molecule has 8 aromatic carbocycles. The first-order valence-corrected chi connectivity index (χ1v) is 18.7. The quantitative estimate of drug-likeness (QED) is 0.169. The molecule has 0 N–H and O–H groups in total. The van der Waals surface area contributed by atoms with Crippen LogP contribution < -0.4 is 4.90 Å². The van der Waals surface area contributed by atoms with Gasteiger partial charge in [0.15, 0.2) is 0 Å². The van der Waals surface area contributed by atoms with Crippen molar-refractivity contribution in [1.82, 2.24) is 0 Å². The average molecular weight is 670 g/mol.